The van der Waals surface area contributed by atoms with E-state index in [0.717, 1.165) is 69.3 Å². The molecule has 0 spiro atoms. The molecule has 1 amide bonds. The number of hydrogen-bond acceptors (Lipinski definition) is 4. The van der Waals surface area contributed by atoms with Crippen molar-refractivity contribution in [2.75, 3.05) is 44.3 Å². The molecular formula is C19H24N4O2. The van der Waals surface area contributed by atoms with Crippen molar-refractivity contribution in [2.45, 2.75) is 18.8 Å². The van der Waals surface area contributed by atoms with Crippen molar-refractivity contribution in [1.29, 1.82) is 0 Å². The van der Waals surface area contributed by atoms with E-state index in [-0.39, 0.29) is 5.91 Å². The van der Waals surface area contributed by atoms with Crippen LogP contribution in [0.1, 0.15) is 34.9 Å². The molecule has 1 aromatic carbocycles. The van der Waals surface area contributed by atoms with E-state index in [2.05, 4.69) is 14.9 Å². The second-order valence-electron chi connectivity index (χ2n) is 6.66. The predicted octanol–water partition coefficient (Wildman–Crippen LogP) is 2.27. The topological polar surface area (TPSA) is 61.5 Å². The smallest absolute Gasteiger partial charge is 0.255 e. The molecule has 0 saturated carbocycles. The molecule has 4 rings (SSSR count). The van der Waals surface area contributed by atoms with Crippen molar-refractivity contribution in [1.82, 2.24) is 14.9 Å². The monoisotopic (exact) mass is 340 g/mol. The fraction of sp³-hybridized carbons (Fsp3) is 0.474. The minimum atomic E-state index is 0.139. The summed E-state index contributed by atoms with van der Waals surface area (Å²) in [6.45, 7) is 4.67. The molecule has 0 bridgehead atoms. The van der Waals surface area contributed by atoms with Crippen LogP contribution in [0.4, 0.5) is 5.69 Å². The summed E-state index contributed by atoms with van der Waals surface area (Å²) in [7, 11) is 0. The highest BCUT2D eigenvalue weighted by molar-refractivity contribution is 5.99. The number of hydrogen-bond donors (Lipinski definition) is 1. The maximum atomic E-state index is 13.1. The van der Waals surface area contributed by atoms with Crippen molar-refractivity contribution in [3.05, 3.63) is 48.0 Å². The number of nitrogens with zero attached hydrogens (tertiary/aromatic N) is 3. The number of amides is 1. The standard InChI is InChI=1S/C19H24N4O2/c24-19(23-9-5-15(6-10-23)18-20-7-8-21-18)16-3-1-2-4-17(16)22-11-13-25-14-12-22/h1-4,7-8,15H,5-6,9-14H2,(H,20,21). The Morgan fingerprint density at radius 1 is 1.12 bits per heavy atom. The molecule has 6 nitrogen and oxygen atoms in total. The zero-order valence-electron chi connectivity index (χ0n) is 14.4. The van der Waals surface area contributed by atoms with E-state index in [1.54, 1.807) is 6.20 Å². The van der Waals surface area contributed by atoms with Gasteiger partial charge in [-0.05, 0) is 25.0 Å². The fourth-order valence-electron chi connectivity index (χ4n) is 3.76. The Morgan fingerprint density at radius 2 is 1.88 bits per heavy atom. The number of aromatic nitrogens is 2. The van der Waals surface area contributed by atoms with Gasteiger partial charge >= 0.3 is 0 Å². The van der Waals surface area contributed by atoms with Gasteiger partial charge < -0.3 is 19.5 Å². The second-order valence-corrected chi connectivity index (χ2v) is 6.66. The molecule has 2 fully saturated rings. The molecule has 1 aromatic heterocycles. The SMILES string of the molecule is O=C(c1ccccc1N1CCOCC1)N1CCC(c2ncc[nH]2)CC1. The van der Waals surface area contributed by atoms with Crippen molar-refractivity contribution < 1.29 is 9.53 Å². The van der Waals surface area contributed by atoms with E-state index >= 15 is 0 Å². The van der Waals surface area contributed by atoms with Crippen LogP contribution < -0.4 is 4.90 Å². The highest BCUT2D eigenvalue weighted by Gasteiger charge is 2.27. The van der Waals surface area contributed by atoms with Crippen LogP contribution >= 0.6 is 0 Å². The number of rotatable bonds is 3. The number of para-hydroxylation sites is 1. The lowest BCUT2D eigenvalue weighted by Gasteiger charge is -2.34. The maximum absolute atomic E-state index is 13.1. The molecular weight excluding hydrogens is 316 g/mol. The third kappa shape index (κ3) is 3.39. The Kier molecular flexibility index (Phi) is 4.70. The minimum absolute atomic E-state index is 0.139. The van der Waals surface area contributed by atoms with Crippen LogP contribution in [0.15, 0.2) is 36.7 Å². The Morgan fingerprint density at radius 3 is 2.60 bits per heavy atom. The molecule has 0 atom stereocenters. The minimum Gasteiger partial charge on any atom is -0.378 e. The number of ether oxygens (including phenoxy) is 1. The molecule has 0 radical (unpaired) electrons. The van der Waals surface area contributed by atoms with E-state index in [9.17, 15) is 4.79 Å². The van der Waals surface area contributed by atoms with Gasteiger partial charge in [-0.3, -0.25) is 4.79 Å². The van der Waals surface area contributed by atoms with E-state index in [0.29, 0.717) is 5.92 Å². The molecule has 2 aliphatic heterocycles. The van der Waals surface area contributed by atoms with E-state index in [1.165, 1.54) is 0 Å². The number of nitrogens with one attached hydrogen (secondary N) is 1. The van der Waals surface area contributed by atoms with Gasteiger partial charge in [-0.25, -0.2) is 4.98 Å². The highest BCUT2D eigenvalue weighted by atomic mass is 16.5. The number of benzene rings is 1. The number of imidazole rings is 1. The number of likely N-dealkylation sites (tertiary alicyclic amines) is 1. The summed E-state index contributed by atoms with van der Waals surface area (Å²) in [6, 6.07) is 7.96. The number of morpholine rings is 1. The van der Waals surface area contributed by atoms with E-state index in [4.69, 9.17) is 4.74 Å². The summed E-state index contributed by atoms with van der Waals surface area (Å²) >= 11 is 0. The Hall–Kier alpha value is -2.34. The van der Waals surface area contributed by atoms with Gasteiger partial charge in [0.25, 0.3) is 5.91 Å². The van der Waals surface area contributed by atoms with E-state index < -0.39 is 0 Å². The largest absolute Gasteiger partial charge is 0.378 e. The number of H-pyrrole nitrogens is 1. The lowest BCUT2D eigenvalue weighted by atomic mass is 9.95. The Balaban J connectivity index is 1.46. The summed E-state index contributed by atoms with van der Waals surface area (Å²) in [4.78, 5) is 24.9. The van der Waals surface area contributed by atoms with Crippen molar-refractivity contribution >= 4 is 11.6 Å². The highest BCUT2D eigenvalue weighted by Crippen LogP contribution is 2.28. The summed E-state index contributed by atoms with van der Waals surface area (Å²) in [5, 5.41) is 0. The lowest BCUT2D eigenvalue weighted by Crippen LogP contribution is -2.40. The first-order chi connectivity index (χ1) is 12.3. The van der Waals surface area contributed by atoms with Gasteiger partial charge in [-0.1, -0.05) is 12.1 Å². The van der Waals surface area contributed by atoms with Crippen LogP contribution in [0.25, 0.3) is 0 Å². The van der Waals surface area contributed by atoms with Gasteiger partial charge in [0.15, 0.2) is 0 Å². The molecule has 2 aliphatic rings. The fourth-order valence-corrected chi connectivity index (χ4v) is 3.76. The number of carbonyl (C=O) groups excluding carboxylic acids is 1. The Bertz CT molecular complexity index is 702. The molecule has 3 heterocycles. The zero-order valence-corrected chi connectivity index (χ0v) is 14.4. The summed E-state index contributed by atoms with van der Waals surface area (Å²) in [5.41, 5.74) is 1.84. The zero-order chi connectivity index (χ0) is 17.1. The van der Waals surface area contributed by atoms with Crippen LogP contribution in [0.3, 0.4) is 0 Å². The second kappa shape index (κ2) is 7.27. The van der Waals surface area contributed by atoms with Gasteiger partial charge in [0.2, 0.25) is 0 Å². The normalized spacial score (nSPS) is 19.2. The van der Waals surface area contributed by atoms with Crippen molar-refractivity contribution in [3.63, 3.8) is 0 Å². The first-order valence-corrected chi connectivity index (χ1v) is 9.03. The Labute approximate surface area is 147 Å². The summed E-state index contributed by atoms with van der Waals surface area (Å²) in [5.74, 6) is 1.61. The average molecular weight is 340 g/mol. The quantitative estimate of drug-likeness (QED) is 0.931. The molecule has 1 N–H and O–H groups in total. The van der Waals surface area contributed by atoms with Crippen molar-refractivity contribution in [3.8, 4) is 0 Å². The first kappa shape index (κ1) is 16.1. The number of piperidine rings is 1. The van der Waals surface area contributed by atoms with Gasteiger partial charge in [0.1, 0.15) is 5.82 Å². The van der Waals surface area contributed by atoms with Gasteiger partial charge in [0, 0.05) is 50.2 Å². The van der Waals surface area contributed by atoms with Crippen LogP contribution in [0.2, 0.25) is 0 Å². The third-order valence-electron chi connectivity index (χ3n) is 5.17. The number of anilines is 1. The van der Waals surface area contributed by atoms with Gasteiger partial charge in [0.05, 0.1) is 18.8 Å². The average Bonchev–Trinajstić information content (AvgIpc) is 3.23. The third-order valence-corrected chi connectivity index (χ3v) is 5.17. The lowest BCUT2D eigenvalue weighted by molar-refractivity contribution is 0.0710. The summed E-state index contributed by atoms with van der Waals surface area (Å²) < 4.78 is 5.44. The molecule has 0 aliphatic carbocycles. The van der Waals surface area contributed by atoms with Crippen LogP contribution in [-0.2, 0) is 4.74 Å². The van der Waals surface area contributed by atoms with Gasteiger partial charge in [-0.15, -0.1) is 0 Å². The molecule has 6 heteroatoms. The van der Waals surface area contributed by atoms with Gasteiger partial charge in [-0.2, -0.15) is 0 Å². The number of carbonyl (C=O) groups is 1. The predicted molar refractivity (Wildman–Crippen MR) is 95.9 cm³/mol. The van der Waals surface area contributed by atoms with Crippen LogP contribution in [0.5, 0.6) is 0 Å². The van der Waals surface area contributed by atoms with Crippen LogP contribution in [0, 0.1) is 0 Å². The molecule has 0 unspecified atom stereocenters. The van der Waals surface area contributed by atoms with Crippen molar-refractivity contribution in [2.24, 2.45) is 0 Å². The molecule has 2 saturated heterocycles. The van der Waals surface area contributed by atoms with Crippen LogP contribution in [-0.4, -0.2) is 60.2 Å². The first-order valence-electron chi connectivity index (χ1n) is 9.03. The molecule has 25 heavy (non-hydrogen) atoms. The molecule has 132 valence electrons. The maximum Gasteiger partial charge on any atom is 0.255 e. The molecule has 2 aromatic rings. The number of aromatic amines is 1. The van der Waals surface area contributed by atoms with E-state index in [1.807, 2.05) is 35.4 Å². The summed E-state index contributed by atoms with van der Waals surface area (Å²) in [6.07, 6.45) is 5.58.